The van der Waals surface area contributed by atoms with E-state index in [4.69, 9.17) is 5.73 Å². The minimum absolute atomic E-state index is 0.168. The van der Waals surface area contributed by atoms with E-state index in [1.165, 1.54) is 12.8 Å². The topological polar surface area (TPSA) is 104 Å². The van der Waals surface area contributed by atoms with Crippen LogP contribution in [0, 0.1) is 0 Å². The van der Waals surface area contributed by atoms with Crippen LogP contribution in [0.5, 0.6) is 5.75 Å². The predicted molar refractivity (Wildman–Crippen MR) is 122 cm³/mol. The van der Waals surface area contributed by atoms with Crippen molar-refractivity contribution in [2.24, 2.45) is 5.73 Å². The number of rotatable bonds is 10. The van der Waals surface area contributed by atoms with Crippen LogP contribution in [0.15, 0.2) is 42.5 Å². The van der Waals surface area contributed by atoms with E-state index in [0.717, 1.165) is 24.9 Å². The van der Waals surface area contributed by atoms with Crippen molar-refractivity contribution in [2.45, 2.75) is 39.0 Å². The van der Waals surface area contributed by atoms with Gasteiger partial charge < -0.3 is 21.5 Å². The van der Waals surface area contributed by atoms with Crippen LogP contribution in [0.2, 0.25) is 0 Å². The third-order valence-corrected chi connectivity index (χ3v) is 5.21. The summed E-state index contributed by atoms with van der Waals surface area (Å²) in [4.78, 5) is 24.6. The van der Waals surface area contributed by atoms with Crippen molar-refractivity contribution in [3.05, 3.63) is 48.0 Å². The number of primary amides is 1. The molecule has 2 aromatic carbocycles. The fourth-order valence-electron chi connectivity index (χ4n) is 3.40. The van der Waals surface area contributed by atoms with Gasteiger partial charge in [-0.2, -0.15) is 0 Å². The van der Waals surface area contributed by atoms with Gasteiger partial charge in [0.1, 0.15) is 17.1 Å². The first-order valence-electron chi connectivity index (χ1n) is 10.4. The maximum atomic E-state index is 12.5. The van der Waals surface area contributed by atoms with E-state index in [9.17, 15) is 14.7 Å². The molecule has 0 atom stereocenters. The molecule has 0 unspecified atom stereocenters. The second-order valence-corrected chi connectivity index (χ2v) is 7.83. The van der Waals surface area contributed by atoms with Gasteiger partial charge in [0.15, 0.2) is 5.69 Å². The number of phenolic OH excluding ortho intramolecular Hbond substituents is 1. The zero-order valence-electron chi connectivity index (χ0n) is 18.1. The van der Waals surface area contributed by atoms with Gasteiger partial charge in [0.2, 0.25) is 0 Å². The number of aromatic hydroxyl groups is 1. The monoisotopic (exact) mass is 413 g/mol. The van der Waals surface area contributed by atoms with Gasteiger partial charge >= 0.3 is 6.03 Å². The summed E-state index contributed by atoms with van der Waals surface area (Å²) in [5, 5.41) is 15.3. The Bertz CT molecular complexity index is 863. The van der Waals surface area contributed by atoms with Gasteiger partial charge in [0, 0.05) is 24.7 Å². The Balaban J connectivity index is 2.24. The molecule has 0 fully saturated rings. The molecule has 0 spiro atoms. The third-order valence-electron chi connectivity index (χ3n) is 5.21. The Morgan fingerprint density at radius 2 is 1.67 bits per heavy atom. The number of benzene rings is 2. The lowest BCUT2D eigenvalue weighted by Gasteiger charge is -2.31. The largest absolute Gasteiger partial charge is 0.508 e. The summed E-state index contributed by atoms with van der Waals surface area (Å²) in [6.07, 6.45) is 5.52. The summed E-state index contributed by atoms with van der Waals surface area (Å²) in [6.45, 7) is 2.73. The fraction of sp³-hybridized carbons (Fsp3) is 0.391. The van der Waals surface area contributed by atoms with Crippen LogP contribution < -0.4 is 20.9 Å². The molecule has 2 aromatic rings. The molecule has 7 heteroatoms. The average Bonchev–Trinajstić information content (AvgIpc) is 2.70. The van der Waals surface area contributed by atoms with E-state index in [1.54, 1.807) is 36.4 Å². The van der Waals surface area contributed by atoms with Crippen molar-refractivity contribution < 1.29 is 14.7 Å². The number of carbonyl (C=O) groups is 2. The van der Waals surface area contributed by atoms with Gasteiger partial charge in [-0.3, -0.25) is 9.28 Å². The van der Waals surface area contributed by atoms with Crippen LogP contribution in [0.1, 0.15) is 49.4 Å². The molecular weight excluding hydrogens is 380 g/mol. The summed E-state index contributed by atoms with van der Waals surface area (Å²) in [5.41, 5.74) is 7.78. The third kappa shape index (κ3) is 5.97. The number of amides is 3. The van der Waals surface area contributed by atoms with E-state index < -0.39 is 5.91 Å². The zero-order chi connectivity index (χ0) is 22.1. The number of anilines is 1. The maximum absolute atomic E-state index is 12.5. The molecule has 0 radical (unpaired) electrons. The van der Waals surface area contributed by atoms with Gasteiger partial charge in [-0.05, 0) is 24.6 Å². The highest BCUT2D eigenvalue weighted by molar-refractivity contribution is 6.06. The number of unbranched alkanes of at least 4 members (excludes halogenated alkanes) is 4. The lowest BCUT2D eigenvalue weighted by molar-refractivity contribution is 0.100. The maximum Gasteiger partial charge on any atom is 0.319 e. The van der Waals surface area contributed by atoms with Crippen LogP contribution in [0.4, 0.5) is 21.9 Å². The van der Waals surface area contributed by atoms with E-state index in [1.807, 2.05) is 20.2 Å². The fourth-order valence-corrected chi connectivity index (χ4v) is 3.40. The predicted octanol–water partition coefficient (Wildman–Crippen LogP) is 4.48. The van der Waals surface area contributed by atoms with Crippen LogP contribution in [0.3, 0.4) is 0 Å². The standard InChI is InChI=1S/C23H32N4O3/c1-4-5-6-7-8-16-25-23(30)26-21-19(22(24)29)10-9-11-20(21)27(2,3)17-12-14-18(28)15-13-17/h9-15H,4-8,16H2,1-3H3,(H4-,24,25,26,28,29,30)/p+1. The minimum atomic E-state index is -0.613. The van der Waals surface area contributed by atoms with Crippen LogP contribution >= 0.6 is 0 Å². The molecule has 0 heterocycles. The van der Waals surface area contributed by atoms with Gasteiger partial charge in [0.05, 0.1) is 19.7 Å². The van der Waals surface area contributed by atoms with E-state index in [0.29, 0.717) is 17.9 Å². The molecule has 162 valence electrons. The van der Waals surface area contributed by atoms with E-state index in [2.05, 4.69) is 17.6 Å². The first-order chi connectivity index (χ1) is 14.3. The van der Waals surface area contributed by atoms with Crippen LogP contribution in [0.25, 0.3) is 0 Å². The van der Waals surface area contributed by atoms with Gasteiger partial charge in [-0.1, -0.05) is 38.7 Å². The number of nitrogens with one attached hydrogen (secondary N) is 2. The summed E-state index contributed by atoms with van der Waals surface area (Å²) < 4.78 is 0.244. The molecule has 3 amide bonds. The van der Waals surface area contributed by atoms with Crippen molar-refractivity contribution in [3.8, 4) is 5.75 Å². The SMILES string of the molecule is CCCCCCCNC(=O)Nc1c(C(N)=O)cccc1[N+](C)(C)c1ccc(O)cc1. The molecule has 0 saturated carbocycles. The Labute approximate surface area is 178 Å². The summed E-state index contributed by atoms with van der Waals surface area (Å²) >= 11 is 0. The molecule has 2 rings (SSSR count). The number of urea groups is 1. The number of quaternary nitrogens is 1. The van der Waals surface area contributed by atoms with Crippen molar-refractivity contribution in [1.29, 1.82) is 0 Å². The second-order valence-electron chi connectivity index (χ2n) is 7.83. The molecule has 0 aromatic heterocycles. The Morgan fingerprint density at radius 1 is 1.00 bits per heavy atom. The number of hydrogen-bond donors (Lipinski definition) is 4. The second kappa shape index (κ2) is 10.6. The lowest BCUT2D eigenvalue weighted by atomic mass is 10.1. The highest BCUT2D eigenvalue weighted by Crippen LogP contribution is 2.38. The summed E-state index contributed by atoms with van der Waals surface area (Å²) in [7, 11) is 3.87. The Hall–Kier alpha value is -3.06. The van der Waals surface area contributed by atoms with Crippen molar-refractivity contribution in [2.75, 3.05) is 26.0 Å². The molecular formula is C23H33N4O3+. The molecule has 0 aliphatic heterocycles. The molecule has 0 bridgehead atoms. The van der Waals surface area contributed by atoms with Crippen molar-refractivity contribution in [3.63, 3.8) is 0 Å². The summed E-state index contributed by atoms with van der Waals surface area (Å²) in [6, 6.07) is 11.6. The van der Waals surface area contributed by atoms with Gasteiger partial charge in [-0.25, -0.2) is 4.79 Å². The highest BCUT2D eigenvalue weighted by Gasteiger charge is 2.29. The average molecular weight is 414 g/mol. The molecule has 30 heavy (non-hydrogen) atoms. The quantitative estimate of drug-likeness (QED) is 0.341. The highest BCUT2D eigenvalue weighted by atomic mass is 16.3. The lowest BCUT2D eigenvalue weighted by Crippen LogP contribution is -2.37. The van der Waals surface area contributed by atoms with E-state index >= 15 is 0 Å². The van der Waals surface area contributed by atoms with Crippen LogP contribution in [-0.4, -0.2) is 37.7 Å². The number of nitrogens with zero attached hydrogens (tertiary/aromatic N) is 1. The molecule has 0 aliphatic rings. The van der Waals surface area contributed by atoms with Gasteiger partial charge in [-0.15, -0.1) is 0 Å². The van der Waals surface area contributed by atoms with Crippen molar-refractivity contribution in [1.82, 2.24) is 9.80 Å². The van der Waals surface area contributed by atoms with Crippen molar-refractivity contribution >= 4 is 29.0 Å². The molecule has 5 N–H and O–H groups in total. The van der Waals surface area contributed by atoms with Gasteiger partial charge in [0.25, 0.3) is 5.91 Å². The summed E-state index contributed by atoms with van der Waals surface area (Å²) in [5.74, 6) is -0.446. The minimum Gasteiger partial charge on any atom is -0.508 e. The number of phenols is 1. The smallest absolute Gasteiger partial charge is 0.319 e. The number of nitrogens with two attached hydrogens (primary N) is 1. The first-order valence-corrected chi connectivity index (χ1v) is 10.4. The molecule has 0 saturated heterocycles. The molecule has 0 aliphatic carbocycles. The van der Waals surface area contributed by atoms with Crippen LogP contribution in [-0.2, 0) is 0 Å². The van der Waals surface area contributed by atoms with E-state index in [-0.39, 0.29) is 21.8 Å². The zero-order valence-corrected chi connectivity index (χ0v) is 18.1. The number of carbonyl (C=O) groups excluding carboxylic acids is 2. The Morgan fingerprint density at radius 3 is 2.30 bits per heavy atom. The molecule has 7 nitrogen and oxygen atoms in total. The number of hydrogen-bond acceptors (Lipinski definition) is 3. The first kappa shape index (κ1) is 23.2. The normalized spacial score (nSPS) is 11.2. The Kier molecular flexibility index (Phi) is 8.24. The number of para-hydroxylation sites is 1.